The largest absolute Gasteiger partial charge is 0.359 e. The van der Waals surface area contributed by atoms with Gasteiger partial charge in [0.2, 0.25) is 0 Å². The number of alkyl halides is 1. The number of hydrogen-bond donors (Lipinski definition) is 0. The summed E-state index contributed by atoms with van der Waals surface area (Å²) in [5.74, 6) is 0. The lowest BCUT2D eigenvalue weighted by molar-refractivity contribution is -0.117. The fraction of sp³-hybridized carbons (Fsp3) is 1.00. The van der Waals surface area contributed by atoms with E-state index in [1.807, 2.05) is 0 Å². The van der Waals surface area contributed by atoms with Gasteiger partial charge in [-0.2, -0.15) is 0 Å². The Kier molecular flexibility index (Phi) is 6.19. The minimum Gasteiger partial charge on any atom is -0.359 e. The minimum absolute atomic E-state index is 0.0518. The van der Waals surface area contributed by atoms with Crippen LogP contribution in [0.3, 0.4) is 0 Å². The monoisotopic (exact) mass is 224 g/mol. The fourth-order valence-corrected chi connectivity index (χ4v) is 1.06. The summed E-state index contributed by atoms with van der Waals surface area (Å²) in [6, 6.07) is 0. The van der Waals surface area contributed by atoms with Crippen LogP contribution >= 0.6 is 15.9 Å². The lowest BCUT2D eigenvalue weighted by Gasteiger charge is -2.24. The van der Waals surface area contributed by atoms with Gasteiger partial charge in [0.1, 0.15) is 6.79 Å². The second kappa shape index (κ2) is 5.98. The van der Waals surface area contributed by atoms with Crippen molar-refractivity contribution in [2.24, 2.45) is 0 Å². The summed E-state index contributed by atoms with van der Waals surface area (Å²) in [5.41, 5.74) is -0.0518. The molecule has 0 heterocycles. The molecule has 0 spiro atoms. The molecule has 0 aliphatic rings. The van der Waals surface area contributed by atoms with Crippen LogP contribution in [0.4, 0.5) is 0 Å². The lowest BCUT2D eigenvalue weighted by atomic mass is 10.0. The van der Waals surface area contributed by atoms with Gasteiger partial charge in [0.25, 0.3) is 0 Å². The molecule has 0 rings (SSSR count). The highest BCUT2D eigenvalue weighted by Gasteiger charge is 2.16. The molecular formula is C8H17BrO2. The molecule has 0 fully saturated rings. The first kappa shape index (κ1) is 11.4. The summed E-state index contributed by atoms with van der Waals surface area (Å²) >= 11 is 3.38. The van der Waals surface area contributed by atoms with Crippen molar-refractivity contribution in [3.8, 4) is 0 Å². The third kappa shape index (κ3) is 6.78. The van der Waals surface area contributed by atoms with Crippen LogP contribution in [0.2, 0.25) is 0 Å². The fourth-order valence-electron chi connectivity index (χ4n) is 0.783. The predicted molar refractivity (Wildman–Crippen MR) is 50.1 cm³/mol. The highest BCUT2D eigenvalue weighted by atomic mass is 79.9. The zero-order chi connectivity index (χ0) is 8.74. The van der Waals surface area contributed by atoms with Gasteiger partial charge < -0.3 is 9.47 Å². The van der Waals surface area contributed by atoms with E-state index >= 15 is 0 Å². The quantitative estimate of drug-likeness (QED) is 0.511. The SMILES string of the molecule is COCOC(C)(C)CCCBr. The third-order valence-electron chi connectivity index (χ3n) is 1.48. The van der Waals surface area contributed by atoms with Gasteiger partial charge in [-0.25, -0.2) is 0 Å². The van der Waals surface area contributed by atoms with Crippen LogP contribution in [0.15, 0.2) is 0 Å². The van der Waals surface area contributed by atoms with Crippen molar-refractivity contribution < 1.29 is 9.47 Å². The second-order valence-corrected chi connectivity index (χ2v) is 3.90. The molecule has 0 aliphatic carbocycles. The van der Waals surface area contributed by atoms with Crippen molar-refractivity contribution in [2.45, 2.75) is 32.3 Å². The van der Waals surface area contributed by atoms with E-state index in [2.05, 4.69) is 29.8 Å². The van der Waals surface area contributed by atoms with Crippen molar-refractivity contribution in [1.82, 2.24) is 0 Å². The van der Waals surface area contributed by atoms with Crippen molar-refractivity contribution in [3.05, 3.63) is 0 Å². The molecule has 0 N–H and O–H groups in total. The van der Waals surface area contributed by atoms with Crippen LogP contribution in [0.1, 0.15) is 26.7 Å². The summed E-state index contributed by atoms with van der Waals surface area (Å²) in [7, 11) is 1.64. The van der Waals surface area contributed by atoms with Gasteiger partial charge in [-0.1, -0.05) is 15.9 Å². The van der Waals surface area contributed by atoms with Crippen molar-refractivity contribution in [1.29, 1.82) is 0 Å². The van der Waals surface area contributed by atoms with E-state index in [0.29, 0.717) is 6.79 Å². The Morgan fingerprint density at radius 2 is 2.00 bits per heavy atom. The molecule has 68 valence electrons. The Bertz CT molecular complexity index is 84.1. The normalized spacial score (nSPS) is 12.0. The Morgan fingerprint density at radius 1 is 1.36 bits per heavy atom. The summed E-state index contributed by atoms with van der Waals surface area (Å²) in [6.07, 6.45) is 2.19. The Balaban J connectivity index is 3.43. The molecule has 0 aromatic heterocycles. The van der Waals surface area contributed by atoms with Gasteiger partial charge in [0, 0.05) is 12.4 Å². The second-order valence-electron chi connectivity index (χ2n) is 3.10. The number of hydrogen-bond acceptors (Lipinski definition) is 2. The molecule has 11 heavy (non-hydrogen) atoms. The Morgan fingerprint density at radius 3 is 2.45 bits per heavy atom. The molecule has 0 bridgehead atoms. The summed E-state index contributed by atoms with van der Waals surface area (Å²) in [5, 5.41) is 1.03. The molecule has 3 heteroatoms. The van der Waals surface area contributed by atoms with Crippen molar-refractivity contribution in [2.75, 3.05) is 19.2 Å². The number of halogens is 1. The van der Waals surface area contributed by atoms with Gasteiger partial charge in [-0.3, -0.25) is 0 Å². The summed E-state index contributed by atoms with van der Waals surface area (Å²) < 4.78 is 10.3. The van der Waals surface area contributed by atoms with E-state index in [1.54, 1.807) is 7.11 Å². The Hall–Kier alpha value is 0.400. The van der Waals surface area contributed by atoms with Gasteiger partial charge in [-0.05, 0) is 26.7 Å². The predicted octanol–water partition coefficient (Wildman–Crippen LogP) is 2.56. The first-order chi connectivity index (χ1) is 5.12. The van der Waals surface area contributed by atoms with Gasteiger partial charge in [0.15, 0.2) is 0 Å². The maximum absolute atomic E-state index is 5.44. The molecule has 0 aromatic rings. The molecule has 0 aromatic carbocycles. The maximum atomic E-state index is 5.44. The van der Waals surface area contributed by atoms with Gasteiger partial charge in [0.05, 0.1) is 5.60 Å². The smallest absolute Gasteiger partial charge is 0.147 e. The average Bonchev–Trinajstić information content (AvgIpc) is 1.97. The van der Waals surface area contributed by atoms with E-state index in [1.165, 1.54) is 0 Å². The summed E-state index contributed by atoms with van der Waals surface area (Å²) in [4.78, 5) is 0. The third-order valence-corrected chi connectivity index (χ3v) is 2.04. The average molecular weight is 225 g/mol. The van der Waals surface area contributed by atoms with Crippen LogP contribution < -0.4 is 0 Å². The van der Waals surface area contributed by atoms with Crippen molar-refractivity contribution >= 4 is 15.9 Å². The maximum Gasteiger partial charge on any atom is 0.147 e. The topological polar surface area (TPSA) is 18.5 Å². The van der Waals surface area contributed by atoms with Gasteiger partial charge in [-0.15, -0.1) is 0 Å². The van der Waals surface area contributed by atoms with Crippen molar-refractivity contribution in [3.63, 3.8) is 0 Å². The summed E-state index contributed by atoms with van der Waals surface area (Å²) in [6.45, 7) is 4.54. The standard InChI is InChI=1S/C8H17BrO2/c1-8(2,5-4-6-9)11-7-10-3/h4-7H2,1-3H3. The van der Waals surface area contributed by atoms with Crippen LogP contribution in [0.5, 0.6) is 0 Å². The van der Waals surface area contributed by atoms with E-state index in [9.17, 15) is 0 Å². The number of rotatable bonds is 6. The molecule has 0 aliphatic heterocycles. The van der Waals surface area contributed by atoms with Gasteiger partial charge >= 0.3 is 0 Å². The Labute approximate surface area is 77.4 Å². The molecule has 0 saturated heterocycles. The highest BCUT2D eigenvalue weighted by molar-refractivity contribution is 9.09. The van der Waals surface area contributed by atoms with Crippen LogP contribution in [0, 0.1) is 0 Å². The zero-order valence-electron chi connectivity index (χ0n) is 7.52. The van der Waals surface area contributed by atoms with E-state index in [-0.39, 0.29) is 5.60 Å². The molecular weight excluding hydrogens is 208 g/mol. The van der Waals surface area contributed by atoms with Crippen LogP contribution in [0.25, 0.3) is 0 Å². The number of ether oxygens (including phenoxy) is 2. The molecule has 2 nitrogen and oxygen atoms in total. The first-order valence-electron chi connectivity index (χ1n) is 3.81. The van der Waals surface area contributed by atoms with E-state index in [4.69, 9.17) is 9.47 Å². The highest BCUT2D eigenvalue weighted by Crippen LogP contribution is 2.16. The molecule has 0 atom stereocenters. The molecule has 0 unspecified atom stereocenters. The first-order valence-corrected chi connectivity index (χ1v) is 4.93. The molecule has 0 amide bonds. The van der Waals surface area contributed by atoms with E-state index < -0.39 is 0 Å². The zero-order valence-corrected chi connectivity index (χ0v) is 9.11. The van der Waals surface area contributed by atoms with E-state index in [0.717, 1.165) is 18.2 Å². The lowest BCUT2D eigenvalue weighted by Crippen LogP contribution is -2.25. The van der Waals surface area contributed by atoms with Crippen LogP contribution in [-0.4, -0.2) is 24.8 Å². The molecule has 0 saturated carbocycles. The minimum atomic E-state index is -0.0518. The van der Waals surface area contributed by atoms with Crippen LogP contribution in [-0.2, 0) is 9.47 Å². The molecule has 0 radical (unpaired) electrons. The number of methoxy groups -OCH3 is 1.